The number of primary amides is 1. The van der Waals surface area contributed by atoms with Gasteiger partial charge in [-0.25, -0.2) is 0 Å². The van der Waals surface area contributed by atoms with E-state index in [-0.39, 0.29) is 18.1 Å². The molecule has 2 aromatic rings. The summed E-state index contributed by atoms with van der Waals surface area (Å²) < 4.78 is 7.38. The second kappa shape index (κ2) is 5.91. The van der Waals surface area contributed by atoms with E-state index in [9.17, 15) is 9.59 Å². The van der Waals surface area contributed by atoms with Crippen LogP contribution in [0.3, 0.4) is 0 Å². The Balaban J connectivity index is 1.80. The first-order valence-electron chi connectivity index (χ1n) is 8.10. The Morgan fingerprint density at radius 3 is 2.84 bits per heavy atom. The first-order chi connectivity index (χ1) is 11.7. The Morgan fingerprint density at radius 2 is 2.20 bits per heavy atom. The molecule has 0 saturated carbocycles. The quantitative estimate of drug-likeness (QED) is 0.855. The fourth-order valence-corrected chi connectivity index (χ4v) is 2.97. The lowest BCUT2D eigenvalue weighted by molar-refractivity contribution is -0.124. The van der Waals surface area contributed by atoms with Gasteiger partial charge in [-0.15, -0.1) is 0 Å². The van der Waals surface area contributed by atoms with Crippen molar-refractivity contribution in [3.05, 3.63) is 47.8 Å². The largest absolute Gasteiger partial charge is 0.487 e. The Kier molecular flexibility index (Phi) is 4.02. The third kappa shape index (κ3) is 3.50. The Bertz CT molecular complexity index is 814. The topological polar surface area (TPSA) is 99.2 Å². The molecule has 0 fully saturated rings. The number of aromatic nitrogens is 2. The maximum Gasteiger partial charge on any atom is 0.252 e. The molecule has 132 valence electrons. The molecule has 3 N–H and O–H groups in total. The summed E-state index contributed by atoms with van der Waals surface area (Å²) >= 11 is 0. The maximum absolute atomic E-state index is 12.7. The summed E-state index contributed by atoms with van der Waals surface area (Å²) in [5.74, 6) is -0.196. The number of rotatable bonds is 5. The van der Waals surface area contributed by atoms with Gasteiger partial charge < -0.3 is 15.8 Å². The zero-order valence-corrected chi connectivity index (χ0v) is 14.6. The van der Waals surface area contributed by atoms with Gasteiger partial charge in [0.25, 0.3) is 5.91 Å². The third-order valence-corrected chi connectivity index (χ3v) is 4.30. The molecule has 0 radical (unpaired) electrons. The van der Waals surface area contributed by atoms with Gasteiger partial charge in [-0.2, -0.15) is 5.10 Å². The molecule has 2 heterocycles. The highest BCUT2D eigenvalue weighted by molar-refractivity contribution is 5.99. The number of fused-ring (bicyclic) bond motifs is 1. The molecule has 7 nitrogen and oxygen atoms in total. The normalized spacial score (nSPS) is 17.2. The van der Waals surface area contributed by atoms with Crippen molar-refractivity contribution in [2.45, 2.75) is 44.9 Å². The number of hydrogen-bond donors (Lipinski definition) is 2. The van der Waals surface area contributed by atoms with Gasteiger partial charge in [0.05, 0.1) is 6.54 Å². The monoisotopic (exact) mass is 342 g/mol. The highest BCUT2D eigenvalue weighted by atomic mass is 16.5. The van der Waals surface area contributed by atoms with E-state index in [0.717, 1.165) is 17.7 Å². The summed E-state index contributed by atoms with van der Waals surface area (Å²) in [7, 11) is 0. The number of amides is 2. The number of nitrogens with one attached hydrogen (secondary N) is 1. The van der Waals surface area contributed by atoms with Gasteiger partial charge in [0, 0.05) is 24.4 Å². The van der Waals surface area contributed by atoms with Crippen LogP contribution in [0.15, 0.2) is 36.7 Å². The second-order valence-corrected chi connectivity index (χ2v) is 7.22. The molecular weight excluding hydrogens is 320 g/mol. The summed E-state index contributed by atoms with van der Waals surface area (Å²) in [5, 5.41) is 6.81. The lowest BCUT2D eigenvalue weighted by Gasteiger charge is -2.27. The predicted molar refractivity (Wildman–Crippen MR) is 92.1 cm³/mol. The third-order valence-electron chi connectivity index (χ3n) is 4.30. The Hall–Kier alpha value is -2.83. The number of hydrogen-bond acceptors (Lipinski definition) is 4. The lowest BCUT2D eigenvalue weighted by atomic mass is 9.98. The highest BCUT2D eigenvalue weighted by Gasteiger charge is 2.35. The van der Waals surface area contributed by atoms with E-state index in [2.05, 4.69) is 10.4 Å². The first-order valence-corrected chi connectivity index (χ1v) is 8.10. The molecule has 1 atom stereocenters. The van der Waals surface area contributed by atoms with Crippen LogP contribution in [0.4, 0.5) is 0 Å². The second-order valence-electron chi connectivity index (χ2n) is 7.22. The van der Waals surface area contributed by atoms with Crippen LogP contribution in [0.2, 0.25) is 0 Å². The molecule has 0 bridgehead atoms. The van der Waals surface area contributed by atoms with Crippen molar-refractivity contribution in [2.24, 2.45) is 5.73 Å². The molecule has 3 rings (SSSR count). The molecule has 1 aromatic carbocycles. The van der Waals surface area contributed by atoms with Gasteiger partial charge in [-0.05, 0) is 50.6 Å². The number of nitrogens with zero attached hydrogens (tertiary/aromatic N) is 2. The fourth-order valence-electron chi connectivity index (χ4n) is 2.97. The van der Waals surface area contributed by atoms with Crippen LogP contribution in [0.1, 0.15) is 36.7 Å². The van der Waals surface area contributed by atoms with Crippen LogP contribution >= 0.6 is 0 Å². The number of nitrogens with two attached hydrogens (primary N) is 1. The molecule has 0 spiro atoms. The van der Waals surface area contributed by atoms with E-state index in [4.69, 9.17) is 10.5 Å². The molecule has 25 heavy (non-hydrogen) atoms. The molecule has 1 aliphatic heterocycles. The van der Waals surface area contributed by atoms with Gasteiger partial charge in [-0.1, -0.05) is 0 Å². The van der Waals surface area contributed by atoms with Crippen LogP contribution in [0.25, 0.3) is 0 Å². The smallest absolute Gasteiger partial charge is 0.252 e. The van der Waals surface area contributed by atoms with Crippen LogP contribution in [-0.2, 0) is 17.8 Å². The SMILES string of the molecule is CC1(C)Cc2cc(C(=O)NC(C)(Cn3cccn3)C(N)=O)ccc2O1. The average Bonchev–Trinajstić information content (AvgIpc) is 3.11. The van der Waals surface area contributed by atoms with Crippen molar-refractivity contribution in [1.82, 2.24) is 15.1 Å². The summed E-state index contributed by atoms with van der Waals surface area (Å²) in [6, 6.07) is 7.01. The number of carbonyl (C=O) groups is 2. The summed E-state index contributed by atoms with van der Waals surface area (Å²) in [5.41, 5.74) is 5.44. The average molecular weight is 342 g/mol. The van der Waals surface area contributed by atoms with Crippen molar-refractivity contribution in [1.29, 1.82) is 0 Å². The van der Waals surface area contributed by atoms with Crippen molar-refractivity contribution in [2.75, 3.05) is 0 Å². The van der Waals surface area contributed by atoms with E-state index >= 15 is 0 Å². The summed E-state index contributed by atoms with van der Waals surface area (Å²) in [4.78, 5) is 24.6. The molecule has 0 aliphatic carbocycles. The first kappa shape index (κ1) is 17.0. The minimum atomic E-state index is -1.25. The molecule has 7 heteroatoms. The standard InChI is InChI=1S/C18H22N4O3/c1-17(2)10-13-9-12(5-6-14(13)25-17)15(23)21-18(3,16(19)24)11-22-8-4-7-20-22/h4-9H,10-11H2,1-3H3,(H2,19,24)(H,21,23). The molecule has 1 unspecified atom stereocenters. The maximum atomic E-state index is 12.7. The minimum absolute atomic E-state index is 0.155. The van der Waals surface area contributed by atoms with Gasteiger partial charge in [0.2, 0.25) is 5.91 Å². The van der Waals surface area contributed by atoms with E-state index in [0.29, 0.717) is 5.56 Å². The van der Waals surface area contributed by atoms with Gasteiger partial charge >= 0.3 is 0 Å². The highest BCUT2D eigenvalue weighted by Crippen LogP contribution is 2.35. The zero-order chi connectivity index (χ0) is 18.2. The number of carbonyl (C=O) groups excluding carboxylic acids is 2. The van der Waals surface area contributed by atoms with Crippen molar-refractivity contribution in [3.8, 4) is 5.75 Å². The van der Waals surface area contributed by atoms with E-state index in [1.165, 1.54) is 0 Å². The van der Waals surface area contributed by atoms with E-state index in [1.54, 1.807) is 48.3 Å². The van der Waals surface area contributed by atoms with Gasteiger partial charge in [-0.3, -0.25) is 14.3 Å². The predicted octanol–water partition coefficient (Wildman–Crippen LogP) is 1.27. The molecule has 2 amide bonds. The summed E-state index contributed by atoms with van der Waals surface area (Å²) in [6.45, 7) is 5.75. The summed E-state index contributed by atoms with van der Waals surface area (Å²) in [6.07, 6.45) is 4.04. The number of benzene rings is 1. The molecule has 1 aliphatic rings. The van der Waals surface area contributed by atoms with Crippen molar-refractivity contribution in [3.63, 3.8) is 0 Å². The molecular formula is C18H22N4O3. The van der Waals surface area contributed by atoms with Gasteiger partial charge in [0.15, 0.2) is 0 Å². The molecule has 1 aromatic heterocycles. The van der Waals surface area contributed by atoms with E-state index < -0.39 is 11.4 Å². The van der Waals surface area contributed by atoms with Crippen LogP contribution in [0, 0.1) is 0 Å². The molecule has 0 saturated heterocycles. The Labute approximate surface area is 146 Å². The van der Waals surface area contributed by atoms with Crippen molar-refractivity contribution >= 4 is 11.8 Å². The van der Waals surface area contributed by atoms with Crippen LogP contribution in [-0.4, -0.2) is 32.7 Å². The van der Waals surface area contributed by atoms with E-state index in [1.807, 2.05) is 13.8 Å². The lowest BCUT2D eigenvalue weighted by Crippen LogP contribution is -2.57. The fraction of sp³-hybridized carbons (Fsp3) is 0.389. The van der Waals surface area contributed by atoms with Crippen molar-refractivity contribution < 1.29 is 14.3 Å². The Morgan fingerprint density at radius 1 is 1.44 bits per heavy atom. The number of ether oxygens (including phenoxy) is 1. The van der Waals surface area contributed by atoms with Crippen LogP contribution < -0.4 is 15.8 Å². The zero-order valence-electron chi connectivity index (χ0n) is 14.6. The van der Waals surface area contributed by atoms with Gasteiger partial charge in [0.1, 0.15) is 16.9 Å². The minimum Gasteiger partial charge on any atom is -0.487 e. The van der Waals surface area contributed by atoms with Crippen LogP contribution in [0.5, 0.6) is 5.75 Å².